The van der Waals surface area contributed by atoms with Gasteiger partial charge in [0, 0.05) is 12.6 Å². The van der Waals surface area contributed by atoms with Crippen molar-refractivity contribution in [2.24, 2.45) is 0 Å². The van der Waals surface area contributed by atoms with E-state index in [4.69, 9.17) is 0 Å². The maximum Gasteiger partial charge on any atom is 0.269 e. The standard InChI is InChI=1S/C30H30FN3O5S/c31-23-17-15-22(16-18-23)28(29(36)32-24-11-5-2-6-12-24)33(19-21-9-3-1-4-10-21)27(35)20-34-30(37)25-13-7-8-14-26(25)40(34,38)39/h1,3-4,7-10,13-18,24,28H,2,5-6,11-12,19-20H2,(H,32,36)/t28-/m0/s1. The molecule has 0 saturated heterocycles. The zero-order valence-corrected chi connectivity index (χ0v) is 22.6. The molecule has 1 fully saturated rings. The Kier molecular flexibility index (Phi) is 7.97. The summed E-state index contributed by atoms with van der Waals surface area (Å²) in [5.74, 6) is -2.47. The third-order valence-electron chi connectivity index (χ3n) is 7.40. The number of hydrogen-bond acceptors (Lipinski definition) is 5. The highest BCUT2D eigenvalue weighted by molar-refractivity contribution is 7.90. The number of rotatable bonds is 8. The predicted molar refractivity (Wildman–Crippen MR) is 146 cm³/mol. The van der Waals surface area contributed by atoms with Crippen molar-refractivity contribution < 1.29 is 27.2 Å². The molecule has 1 saturated carbocycles. The van der Waals surface area contributed by atoms with Gasteiger partial charge >= 0.3 is 0 Å². The van der Waals surface area contributed by atoms with Gasteiger partial charge in [-0.15, -0.1) is 0 Å². The number of nitrogens with one attached hydrogen (secondary N) is 1. The molecule has 3 aromatic rings. The quantitative estimate of drug-likeness (QED) is 0.443. The summed E-state index contributed by atoms with van der Waals surface area (Å²) in [6, 6.07) is 18.8. The molecular formula is C30H30FN3O5S. The van der Waals surface area contributed by atoms with Crippen LogP contribution in [0.1, 0.15) is 59.6 Å². The molecule has 1 aliphatic heterocycles. The van der Waals surface area contributed by atoms with E-state index in [0.29, 0.717) is 15.4 Å². The lowest BCUT2D eigenvalue weighted by atomic mass is 9.94. The van der Waals surface area contributed by atoms with Gasteiger partial charge in [0.05, 0.1) is 5.56 Å². The van der Waals surface area contributed by atoms with Crippen LogP contribution in [-0.2, 0) is 26.2 Å². The van der Waals surface area contributed by atoms with E-state index in [0.717, 1.165) is 32.1 Å². The van der Waals surface area contributed by atoms with Gasteiger partial charge in [0.25, 0.3) is 15.9 Å². The zero-order chi connectivity index (χ0) is 28.3. The van der Waals surface area contributed by atoms with Crippen molar-refractivity contribution in [1.29, 1.82) is 0 Å². The fourth-order valence-corrected chi connectivity index (χ4v) is 6.87. The first-order chi connectivity index (χ1) is 19.3. The lowest BCUT2D eigenvalue weighted by Gasteiger charge is -2.34. The number of carbonyl (C=O) groups excluding carboxylic acids is 3. The number of nitrogens with zero attached hydrogens (tertiary/aromatic N) is 2. The largest absolute Gasteiger partial charge is 0.351 e. The van der Waals surface area contributed by atoms with Gasteiger partial charge in [-0.25, -0.2) is 17.1 Å². The molecule has 0 unspecified atom stereocenters. The van der Waals surface area contributed by atoms with Crippen LogP contribution in [-0.4, -0.2) is 47.9 Å². The topological polar surface area (TPSA) is 104 Å². The van der Waals surface area contributed by atoms with Crippen molar-refractivity contribution in [3.63, 3.8) is 0 Å². The molecule has 0 spiro atoms. The molecule has 40 heavy (non-hydrogen) atoms. The number of halogens is 1. The van der Waals surface area contributed by atoms with Crippen molar-refractivity contribution >= 4 is 27.7 Å². The van der Waals surface area contributed by atoms with E-state index in [1.165, 1.54) is 47.4 Å². The Bertz CT molecular complexity index is 1510. The van der Waals surface area contributed by atoms with E-state index < -0.39 is 46.1 Å². The zero-order valence-electron chi connectivity index (χ0n) is 21.8. The van der Waals surface area contributed by atoms with E-state index in [9.17, 15) is 27.2 Å². The van der Waals surface area contributed by atoms with Crippen LogP contribution in [0.3, 0.4) is 0 Å². The smallest absolute Gasteiger partial charge is 0.269 e. The molecule has 3 aromatic carbocycles. The second kappa shape index (κ2) is 11.6. The number of hydrogen-bond donors (Lipinski definition) is 1. The predicted octanol–water partition coefficient (Wildman–Crippen LogP) is 4.19. The SMILES string of the molecule is O=C(NC1CCCCC1)[C@H](c1ccc(F)cc1)N(Cc1ccccc1)C(=O)CN1C(=O)c2ccccc2S1(=O)=O. The fraction of sp³-hybridized carbons (Fsp3) is 0.300. The Labute approximate surface area is 232 Å². The van der Waals surface area contributed by atoms with Crippen molar-refractivity contribution in [3.05, 3.63) is 101 Å². The Balaban J connectivity index is 1.51. The van der Waals surface area contributed by atoms with Crippen molar-refractivity contribution in [2.45, 2.75) is 55.6 Å². The Hall–Kier alpha value is -4.05. The normalized spacial score (nSPS) is 17.2. The maximum atomic E-state index is 14.0. The highest BCUT2D eigenvalue weighted by atomic mass is 32.2. The summed E-state index contributed by atoms with van der Waals surface area (Å²) >= 11 is 0. The number of benzene rings is 3. The van der Waals surface area contributed by atoms with Gasteiger partial charge in [0.15, 0.2) is 0 Å². The number of fused-ring (bicyclic) bond motifs is 1. The second-order valence-corrected chi connectivity index (χ2v) is 11.9. The van der Waals surface area contributed by atoms with Crippen LogP contribution < -0.4 is 5.32 Å². The van der Waals surface area contributed by atoms with E-state index in [1.54, 1.807) is 30.3 Å². The van der Waals surface area contributed by atoms with Crippen LogP contribution in [0, 0.1) is 5.82 Å². The van der Waals surface area contributed by atoms with Crippen molar-refractivity contribution in [1.82, 2.24) is 14.5 Å². The average molecular weight is 564 g/mol. The van der Waals surface area contributed by atoms with Crippen molar-refractivity contribution in [3.8, 4) is 0 Å². The first-order valence-electron chi connectivity index (χ1n) is 13.3. The minimum atomic E-state index is -4.25. The third-order valence-corrected chi connectivity index (χ3v) is 9.19. The van der Waals surface area contributed by atoms with Gasteiger partial charge in [0.1, 0.15) is 23.3 Å². The van der Waals surface area contributed by atoms with Crippen LogP contribution in [0.25, 0.3) is 0 Å². The highest BCUT2D eigenvalue weighted by Gasteiger charge is 2.43. The van der Waals surface area contributed by atoms with Gasteiger partial charge in [-0.1, -0.05) is 73.9 Å². The van der Waals surface area contributed by atoms with Gasteiger partial charge in [-0.3, -0.25) is 14.4 Å². The molecule has 1 heterocycles. The summed E-state index contributed by atoms with van der Waals surface area (Å²) in [6.07, 6.45) is 4.68. The lowest BCUT2D eigenvalue weighted by Crippen LogP contribution is -2.49. The summed E-state index contributed by atoms with van der Waals surface area (Å²) in [6.45, 7) is -0.814. The van der Waals surface area contributed by atoms with E-state index >= 15 is 0 Å². The van der Waals surface area contributed by atoms with Crippen LogP contribution in [0.15, 0.2) is 83.8 Å². The molecule has 208 valence electrons. The molecular weight excluding hydrogens is 533 g/mol. The summed E-state index contributed by atoms with van der Waals surface area (Å²) in [7, 11) is -4.25. The third kappa shape index (κ3) is 5.62. The average Bonchev–Trinajstić information content (AvgIpc) is 3.15. The van der Waals surface area contributed by atoms with Gasteiger partial charge < -0.3 is 10.2 Å². The molecule has 0 bridgehead atoms. The number of sulfonamides is 1. The monoisotopic (exact) mass is 563 g/mol. The van der Waals surface area contributed by atoms with Crippen LogP contribution in [0.2, 0.25) is 0 Å². The Morgan fingerprint density at radius 3 is 2.25 bits per heavy atom. The molecule has 5 rings (SSSR count). The summed E-state index contributed by atoms with van der Waals surface area (Å²) in [5, 5.41) is 3.06. The lowest BCUT2D eigenvalue weighted by molar-refractivity contribution is -0.141. The van der Waals surface area contributed by atoms with Crippen LogP contribution >= 0.6 is 0 Å². The minimum absolute atomic E-state index is 0.00460. The summed E-state index contributed by atoms with van der Waals surface area (Å²) in [4.78, 5) is 42.0. The molecule has 0 radical (unpaired) electrons. The van der Waals surface area contributed by atoms with Crippen LogP contribution in [0.5, 0.6) is 0 Å². The van der Waals surface area contributed by atoms with E-state index in [2.05, 4.69) is 5.32 Å². The van der Waals surface area contributed by atoms with E-state index in [-0.39, 0.29) is 23.0 Å². The van der Waals surface area contributed by atoms with Crippen molar-refractivity contribution in [2.75, 3.05) is 6.54 Å². The fourth-order valence-electron chi connectivity index (χ4n) is 5.35. The number of amides is 3. The Morgan fingerprint density at radius 2 is 1.57 bits per heavy atom. The molecule has 1 atom stereocenters. The van der Waals surface area contributed by atoms with E-state index in [1.807, 2.05) is 6.07 Å². The second-order valence-electron chi connectivity index (χ2n) is 10.1. The molecule has 1 aliphatic carbocycles. The molecule has 2 aliphatic rings. The maximum absolute atomic E-state index is 14.0. The first kappa shape index (κ1) is 27.5. The first-order valence-corrected chi connectivity index (χ1v) is 14.7. The van der Waals surface area contributed by atoms with Gasteiger partial charge in [-0.2, -0.15) is 0 Å². The number of carbonyl (C=O) groups is 3. The summed E-state index contributed by atoms with van der Waals surface area (Å²) < 4.78 is 40.8. The Morgan fingerprint density at radius 1 is 0.925 bits per heavy atom. The van der Waals surface area contributed by atoms with Crippen LogP contribution in [0.4, 0.5) is 4.39 Å². The summed E-state index contributed by atoms with van der Waals surface area (Å²) in [5.41, 5.74) is 1.07. The molecule has 1 N–H and O–H groups in total. The minimum Gasteiger partial charge on any atom is -0.351 e. The van der Waals surface area contributed by atoms with Gasteiger partial charge in [-0.05, 0) is 48.2 Å². The molecule has 10 heteroatoms. The van der Waals surface area contributed by atoms with Gasteiger partial charge in [0.2, 0.25) is 11.8 Å². The molecule has 3 amide bonds. The highest BCUT2D eigenvalue weighted by Crippen LogP contribution is 2.31. The molecule has 0 aromatic heterocycles. The molecule has 8 nitrogen and oxygen atoms in total.